The lowest BCUT2D eigenvalue weighted by molar-refractivity contribution is 0.129. The van der Waals surface area contributed by atoms with Gasteiger partial charge < -0.3 is 14.2 Å². The Morgan fingerprint density at radius 2 is 1.68 bits per heavy atom. The van der Waals surface area contributed by atoms with Crippen molar-refractivity contribution in [3.8, 4) is 28.6 Å². The van der Waals surface area contributed by atoms with Crippen LogP contribution in [0.2, 0.25) is 0 Å². The minimum absolute atomic E-state index is 0.287. The zero-order chi connectivity index (χ0) is 19.3. The predicted octanol–water partition coefficient (Wildman–Crippen LogP) is 4.22. The van der Waals surface area contributed by atoms with Crippen molar-refractivity contribution in [1.82, 2.24) is 14.8 Å². The molecule has 1 saturated heterocycles. The topological polar surface area (TPSA) is 58.4 Å². The molecule has 0 saturated carbocycles. The lowest BCUT2D eigenvalue weighted by atomic mass is 10.2. The van der Waals surface area contributed by atoms with Crippen molar-refractivity contribution in [2.75, 3.05) is 26.6 Å². The van der Waals surface area contributed by atoms with Gasteiger partial charge in [-0.1, -0.05) is 11.8 Å². The van der Waals surface area contributed by atoms with Gasteiger partial charge in [0, 0.05) is 23.6 Å². The Morgan fingerprint density at radius 1 is 1.00 bits per heavy atom. The highest BCUT2D eigenvalue weighted by atomic mass is 32.2. The molecular formula is C21H23N3O3S. The normalized spacial score (nSPS) is 16.3. The molecule has 4 rings (SSSR count). The molecule has 6 nitrogen and oxygen atoms in total. The van der Waals surface area contributed by atoms with E-state index in [1.165, 1.54) is 0 Å². The Bertz CT molecular complexity index is 904. The van der Waals surface area contributed by atoms with Crippen molar-refractivity contribution < 1.29 is 14.2 Å². The van der Waals surface area contributed by atoms with E-state index < -0.39 is 0 Å². The van der Waals surface area contributed by atoms with Gasteiger partial charge >= 0.3 is 0 Å². The van der Waals surface area contributed by atoms with Crippen molar-refractivity contribution in [3.05, 3.63) is 48.5 Å². The van der Waals surface area contributed by atoms with Gasteiger partial charge in [-0.3, -0.25) is 4.57 Å². The highest BCUT2D eigenvalue weighted by Crippen LogP contribution is 2.31. The van der Waals surface area contributed by atoms with Crippen LogP contribution in [0.5, 0.6) is 11.5 Å². The average molecular weight is 398 g/mol. The lowest BCUT2D eigenvalue weighted by Gasteiger charge is -2.13. The van der Waals surface area contributed by atoms with Crippen LogP contribution in [0.25, 0.3) is 17.1 Å². The number of rotatable bonds is 7. The summed E-state index contributed by atoms with van der Waals surface area (Å²) in [7, 11) is 3.33. The summed E-state index contributed by atoms with van der Waals surface area (Å²) in [5.74, 6) is 3.29. The third kappa shape index (κ3) is 4.00. The Hall–Kier alpha value is -2.51. The molecule has 2 heterocycles. The van der Waals surface area contributed by atoms with Crippen LogP contribution in [-0.4, -0.2) is 47.4 Å². The first-order valence-electron chi connectivity index (χ1n) is 9.27. The minimum atomic E-state index is 0.287. The molecular weight excluding hydrogens is 374 g/mol. The minimum Gasteiger partial charge on any atom is -0.497 e. The first-order valence-corrected chi connectivity index (χ1v) is 10.3. The molecule has 146 valence electrons. The number of benzene rings is 2. The number of thioether (sulfide) groups is 1. The van der Waals surface area contributed by atoms with Gasteiger partial charge in [0.05, 0.1) is 20.3 Å². The van der Waals surface area contributed by atoms with Gasteiger partial charge in [0.25, 0.3) is 0 Å². The highest BCUT2D eigenvalue weighted by Gasteiger charge is 2.20. The number of hydrogen-bond donors (Lipinski definition) is 0. The van der Waals surface area contributed by atoms with Crippen molar-refractivity contribution >= 4 is 11.8 Å². The average Bonchev–Trinajstić information content (AvgIpc) is 3.42. The number of methoxy groups -OCH3 is 2. The SMILES string of the molecule is COc1ccc(-c2nnc(SCC3CCCO3)n2-c2ccc(OC)cc2)cc1. The van der Waals surface area contributed by atoms with E-state index >= 15 is 0 Å². The van der Waals surface area contributed by atoms with E-state index in [-0.39, 0.29) is 6.10 Å². The predicted molar refractivity (Wildman–Crippen MR) is 110 cm³/mol. The summed E-state index contributed by atoms with van der Waals surface area (Å²) >= 11 is 1.68. The van der Waals surface area contributed by atoms with Gasteiger partial charge in [-0.25, -0.2) is 0 Å². The van der Waals surface area contributed by atoms with E-state index in [9.17, 15) is 0 Å². The van der Waals surface area contributed by atoms with Crippen molar-refractivity contribution in [2.45, 2.75) is 24.1 Å². The van der Waals surface area contributed by atoms with E-state index in [2.05, 4.69) is 14.8 Å². The van der Waals surface area contributed by atoms with Crippen LogP contribution in [0.15, 0.2) is 53.7 Å². The summed E-state index contributed by atoms with van der Waals surface area (Å²) in [6.07, 6.45) is 2.53. The second-order valence-electron chi connectivity index (χ2n) is 6.51. The van der Waals surface area contributed by atoms with Crippen LogP contribution in [0.3, 0.4) is 0 Å². The van der Waals surface area contributed by atoms with Crippen molar-refractivity contribution in [2.24, 2.45) is 0 Å². The smallest absolute Gasteiger partial charge is 0.196 e. The lowest BCUT2D eigenvalue weighted by Crippen LogP contribution is -2.09. The Balaban J connectivity index is 1.69. The maximum Gasteiger partial charge on any atom is 0.196 e. The molecule has 7 heteroatoms. The van der Waals surface area contributed by atoms with Crippen LogP contribution in [0.4, 0.5) is 0 Å². The number of nitrogens with zero attached hydrogens (tertiary/aromatic N) is 3. The fraction of sp³-hybridized carbons (Fsp3) is 0.333. The maximum atomic E-state index is 5.76. The first kappa shape index (κ1) is 18.8. The third-order valence-electron chi connectivity index (χ3n) is 4.73. The Labute approximate surface area is 168 Å². The van der Waals surface area contributed by atoms with Gasteiger partial charge in [-0.15, -0.1) is 10.2 Å². The standard InChI is InChI=1S/C21H23N3O3S/c1-25-17-9-5-15(6-10-17)20-22-23-21(28-14-19-4-3-13-27-19)24(20)16-7-11-18(26-2)12-8-16/h5-12,19H,3-4,13-14H2,1-2H3. The number of hydrogen-bond acceptors (Lipinski definition) is 6. The van der Waals surface area contributed by atoms with Gasteiger partial charge in [0.1, 0.15) is 11.5 Å². The fourth-order valence-electron chi connectivity index (χ4n) is 3.20. The zero-order valence-electron chi connectivity index (χ0n) is 16.0. The molecule has 1 aromatic heterocycles. The molecule has 1 aliphatic rings. The molecule has 1 fully saturated rings. The van der Waals surface area contributed by atoms with E-state index in [4.69, 9.17) is 14.2 Å². The molecule has 1 atom stereocenters. The van der Waals surface area contributed by atoms with Gasteiger partial charge in [-0.2, -0.15) is 0 Å². The second kappa shape index (κ2) is 8.67. The Morgan fingerprint density at radius 3 is 2.29 bits per heavy atom. The van der Waals surface area contributed by atoms with E-state index in [1.54, 1.807) is 26.0 Å². The molecule has 0 spiro atoms. The summed E-state index contributed by atoms with van der Waals surface area (Å²) < 4.78 is 18.4. The van der Waals surface area contributed by atoms with E-state index in [0.717, 1.165) is 58.9 Å². The number of aromatic nitrogens is 3. The first-order chi connectivity index (χ1) is 13.8. The highest BCUT2D eigenvalue weighted by molar-refractivity contribution is 7.99. The van der Waals surface area contributed by atoms with Crippen LogP contribution in [0, 0.1) is 0 Å². The van der Waals surface area contributed by atoms with Crippen LogP contribution in [0.1, 0.15) is 12.8 Å². The third-order valence-corrected chi connectivity index (χ3v) is 5.80. The molecule has 28 heavy (non-hydrogen) atoms. The van der Waals surface area contributed by atoms with Gasteiger partial charge in [0.2, 0.25) is 0 Å². The molecule has 2 aromatic carbocycles. The number of ether oxygens (including phenoxy) is 3. The molecule has 0 amide bonds. The second-order valence-corrected chi connectivity index (χ2v) is 7.50. The van der Waals surface area contributed by atoms with E-state index in [1.807, 2.05) is 48.5 Å². The molecule has 1 unspecified atom stereocenters. The summed E-state index contributed by atoms with van der Waals surface area (Å²) in [6.45, 7) is 0.855. The summed E-state index contributed by atoms with van der Waals surface area (Å²) in [5, 5.41) is 9.81. The Kier molecular flexibility index (Phi) is 5.83. The maximum absolute atomic E-state index is 5.76. The fourth-order valence-corrected chi connectivity index (χ4v) is 4.22. The van der Waals surface area contributed by atoms with Crippen molar-refractivity contribution in [3.63, 3.8) is 0 Å². The van der Waals surface area contributed by atoms with Gasteiger partial charge in [-0.05, 0) is 61.4 Å². The monoisotopic (exact) mass is 397 g/mol. The molecule has 0 aliphatic carbocycles. The largest absolute Gasteiger partial charge is 0.497 e. The summed E-state index contributed by atoms with van der Waals surface area (Å²) in [4.78, 5) is 0. The molecule has 3 aromatic rings. The molecule has 1 aliphatic heterocycles. The van der Waals surface area contributed by atoms with Gasteiger partial charge in [0.15, 0.2) is 11.0 Å². The van der Waals surface area contributed by atoms with Crippen LogP contribution in [-0.2, 0) is 4.74 Å². The van der Waals surface area contributed by atoms with E-state index in [0.29, 0.717) is 0 Å². The quantitative estimate of drug-likeness (QED) is 0.556. The molecule has 0 radical (unpaired) electrons. The van der Waals surface area contributed by atoms with Crippen molar-refractivity contribution in [1.29, 1.82) is 0 Å². The molecule has 0 N–H and O–H groups in total. The molecule has 0 bridgehead atoms. The summed E-state index contributed by atoms with van der Waals surface area (Å²) in [5.41, 5.74) is 1.97. The van der Waals surface area contributed by atoms with Crippen LogP contribution < -0.4 is 9.47 Å². The zero-order valence-corrected chi connectivity index (χ0v) is 16.8. The summed E-state index contributed by atoms with van der Waals surface area (Å²) in [6, 6.07) is 15.8. The van der Waals surface area contributed by atoms with Crippen LogP contribution >= 0.6 is 11.8 Å².